The zero-order valence-corrected chi connectivity index (χ0v) is 20.8. The molecular formula is C27H26F3N5O3. The van der Waals surface area contributed by atoms with Gasteiger partial charge in [0.05, 0.1) is 30.3 Å². The lowest BCUT2D eigenvalue weighted by Crippen LogP contribution is -2.26. The Balaban J connectivity index is 1.53. The molecule has 4 heterocycles. The molecule has 0 radical (unpaired) electrons. The van der Waals surface area contributed by atoms with Crippen molar-refractivity contribution in [3.8, 4) is 0 Å². The smallest absolute Gasteiger partial charge is 0.434 e. The highest BCUT2D eigenvalue weighted by atomic mass is 19.4. The van der Waals surface area contributed by atoms with E-state index in [1.54, 1.807) is 24.3 Å². The molecule has 2 fully saturated rings. The molecule has 2 aliphatic heterocycles. The van der Waals surface area contributed by atoms with Crippen LogP contribution in [0.25, 0.3) is 16.6 Å². The number of aryl methyl sites for hydroxylation is 1. The summed E-state index contributed by atoms with van der Waals surface area (Å²) >= 11 is 0. The Morgan fingerprint density at radius 2 is 1.87 bits per heavy atom. The van der Waals surface area contributed by atoms with E-state index in [0.29, 0.717) is 60.7 Å². The number of nitrogens with zero attached hydrogens (tertiary/aromatic N) is 4. The fraction of sp³-hybridized carbons (Fsp3) is 0.370. The predicted octanol–water partition coefficient (Wildman–Crippen LogP) is 5.16. The van der Waals surface area contributed by atoms with Gasteiger partial charge in [-0.2, -0.15) is 13.2 Å². The van der Waals surface area contributed by atoms with Crippen LogP contribution in [0.5, 0.6) is 0 Å². The van der Waals surface area contributed by atoms with Crippen LogP contribution in [0.4, 0.5) is 24.8 Å². The van der Waals surface area contributed by atoms with E-state index in [4.69, 9.17) is 9.72 Å². The first-order valence-corrected chi connectivity index (χ1v) is 12.4. The van der Waals surface area contributed by atoms with Gasteiger partial charge in [-0.15, -0.1) is 0 Å². The van der Waals surface area contributed by atoms with Gasteiger partial charge in [-0.25, -0.2) is 14.8 Å². The van der Waals surface area contributed by atoms with Crippen molar-refractivity contribution in [3.63, 3.8) is 0 Å². The average molecular weight is 526 g/mol. The van der Waals surface area contributed by atoms with E-state index < -0.39 is 23.9 Å². The van der Waals surface area contributed by atoms with Gasteiger partial charge in [0.2, 0.25) is 5.95 Å². The van der Waals surface area contributed by atoms with Crippen LogP contribution in [0, 0.1) is 18.8 Å². The Morgan fingerprint density at radius 3 is 2.55 bits per heavy atom. The van der Waals surface area contributed by atoms with E-state index in [-0.39, 0.29) is 11.2 Å². The second kappa shape index (κ2) is 8.87. The van der Waals surface area contributed by atoms with Gasteiger partial charge >= 0.3 is 12.1 Å². The molecule has 2 saturated heterocycles. The van der Waals surface area contributed by atoms with E-state index in [2.05, 4.69) is 10.3 Å². The Bertz CT molecular complexity index is 1560. The molecule has 4 aromatic rings. The van der Waals surface area contributed by atoms with Gasteiger partial charge in [0.1, 0.15) is 5.65 Å². The number of anilines is 2. The molecule has 11 heteroatoms. The number of ether oxygens (including phenoxy) is 1. The maximum absolute atomic E-state index is 13.8. The van der Waals surface area contributed by atoms with E-state index in [1.807, 2.05) is 24.8 Å². The molecule has 0 spiro atoms. The van der Waals surface area contributed by atoms with Crippen LogP contribution in [0.3, 0.4) is 0 Å². The molecule has 3 atom stereocenters. The topological polar surface area (TPSA) is 92.0 Å². The number of rotatable bonds is 5. The van der Waals surface area contributed by atoms with Crippen molar-refractivity contribution in [1.82, 2.24) is 14.4 Å². The molecule has 2 unspecified atom stereocenters. The quantitative estimate of drug-likeness (QED) is 0.372. The SMILES string of the molecule is Cc1cc([C@@H](C)Nc2ccccc2C(=O)O)c2nc(N3CC4COCC4C3)n3cc(C(F)(F)F)nc3c2c1. The van der Waals surface area contributed by atoms with Gasteiger partial charge < -0.3 is 20.1 Å². The van der Waals surface area contributed by atoms with Crippen molar-refractivity contribution < 1.29 is 27.8 Å². The summed E-state index contributed by atoms with van der Waals surface area (Å²) in [4.78, 5) is 22.7. The molecule has 6 rings (SSSR count). The number of fused-ring (bicyclic) bond motifs is 4. The summed E-state index contributed by atoms with van der Waals surface area (Å²) in [5.41, 5.74) is 1.88. The fourth-order valence-electron chi connectivity index (χ4n) is 5.63. The zero-order valence-electron chi connectivity index (χ0n) is 20.8. The Kier molecular flexibility index (Phi) is 5.71. The molecule has 2 aliphatic rings. The normalized spacial score (nSPS) is 20.3. The summed E-state index contributed by atoms with van der Waals surface area (Å²) in [7, 11) is 0. The van der Waals surface area contributed by atoms with Crippen LogP contribution in [-0.2, 0) is 10.9 Å². The summed E-state index contributed by atoms with van der Waals surface area (Å²) in [6.45, 7) is 6.27. The molecule has 2 aromatic carbocycles. The molecule has 38 heavy (non-hydrogen) atoms. The molecule has 0 bridgehead atoms. The minimum absolute atomic E-state index is 0.126. The molecule has 8 nitrogen and oxygen atoms in total. The molecule has 0 aliphatic carbocycles. The van der Waals surface area contributed by atoms with Gasteiger partial charge in [-0.3, -0.25) is 4.40 Å². The summed E-state index contributed by atoms with van der Waals surface area (Å²) in [6, 6.07) is 9.92. The van der Waals surface area contributed by atoms with Crippen LogP contribution < -0.4 is 10.2 Å². The van der Waals surface area contributed by atoms with Crippen molar-refractivity contribution in [3.05, 3.63) is 65.0 Å². The molecule has 0 amide bonds. The van der Waals surface area contributed by atoms with Crippen molar-refractivity contribution in [1.29, 1.82) is 0 Å². The number of carboxylic acids is 1. The standard InChI is InChI=1S/C27H26F3N5O3/c1-14-7-19(15(2)31-21-6-4-3-5-18(21)25(36)37)23-20(8-14)24-32-22(27(28,29)30)11-35(24)26(33-23)34-9-16-12-38-13-17(16)10-34/h3-8,11,15-17,31H,9-10,12-13H2,1-2H3,(H,36,37)/t15-,16?,17?/m1/s1. The van der Waals surface area contributed by atoms with Crippen molar-refractivity contribution in [2.24, 2.45) is 11.8 Å². The first kappa shape index (κ1) is 24.5. The maximum atomic E-state index is 13.8. The Morgan fingerprint density at radius 1 is 1.16 bits per heavy atom. The molecule has 2 aromatic heterocycles. The highest BCUT2D eigenvalue weighted by Gasteiger charge is 2.40. The number of para-hydroxylation sites is 1. The van der Waals surface area contributed by atoms with Crippen LogP contribution >= 0.6 is 0 Å². The van der Waals surface area contributed by atoms with E-state index >= 15 is 0 Å². The number of benzene rings is 2. The van der Waals surface area contributed by atoms with E-state index in [0.717, 1.165) is 17.3 Å². The lowest BCUT2D eigenvalue weighted by molar-refractivity contribution is -0.140. The van der Waals surface area contributed by atoms with Crippen LogP contribution in [0.2, 0.25) is 0 Å². The highest BCUT2D eigenvalue weighted by molar-refractivity contribution is 5.96. The highest BCUT2D eigenvalue weighted by Crippen LogP contribution is 2.38. The average Bonchev–Trinajstić information content (AvgIpc) is 3.58. The van der Waals surface area contributed by atoms with Crippen molar-refractivity contribution in [2.75, 3.05) is 36.5 Å². The predicted molar refractivity (Wildman–Crippen MR) is 136 cm³/mol. The number of hydrogen-bond acceptors (Lipinski definition) is 6. The number of nitrogens with one attached hydrogen (secondary N) is 1. The van der Waals surface area contributed by atoms with E-state index in [1.165, 1.54) is 10.5 Å². The number of halogens is 3. The summed E-state index contributed by atoms with van der Waals surface area (Å²) in [6.07, 6.45) is -3.58. The number of hydrogen-bond donors (Lipinski definition) is 2. The van der Waals surface area contributed by atoms with Crippen LogP contribution in [0.1, 0.15) is 40.1 Å². The summed E-state index contributed by atoms with van der Waals surface area (Å²) in [5, 5.41) is 13.4. The van der Waals surface area contributed by atoms with Gasteiger partial charge in [0, 0.05) is 47.8 Å². The second-order valence-corrected chi connectivity index (χ2v) is 10.2. The van der Waals surface area contributed by atoms with Gasteiger partial charge in [0.15, 0.2) is 5.69 Å². The van der Waals surface area contributed by atoms with Crippen molar-refractivity contribution in [2.45, 2.75) is 26.1 Å². The van der Waals surface area contributed by atoms with E-state index in [9.17, 15) is 23.1 Å². The third-order valence-corrected chi connectivity index (χ3v) is 7.47. The first-order valence-electron chi connectivity index (χ1n) is 12.4. The second-order valence-electron chi connectivity index (χ2n) is 10.2. The minimum atomic E-state index is -4.60. The number of aromatic nitrogens is 3. The maximum Gasteiger partial charge on any atom is 0.434 e. The number of imidazole rings is 1. The summed E-state index contributed by atoms with van der Waals surface area (Å²) < 4.78 is 48.3. The number of alkyl halides is 3. The molecular weight excluding hydrogens is 499 g/mol. The van der Waals surface area contributed by atoms with Gasteiger partial charge in [0.25, 0.3) is 0 Å². The fourth-order valence-corrected chi connectivity index (χ4v) is 5.63. The third-order valence-electron chi connectivity index (χ3n) is 7.47. The molecule has 198 valence electrons. The largest absolute Gasteiger partial charge is 0.478 e. The molecule has 2 N–H and O–H groups in total. The van der Waals surface area contributed by atoms with Crippen LogP contribution in [0.15, 0.2) is 42.6 Å². The lowest BCUT2D eigenvalue weighted by atomic mass is 10.0. The number of aromatic carboxylic acids is 1. The minimum Gasteiger partial charge on any atom is -0.478 e. The monoisotopic (exact) mass is 525 g/mol. The molecule has 0 saturated carbocycles. The number of carbonyl (C=O) groups is 1. The Hall–Kier alpha value is -3.86. The summed E-state index contributed by atoms with van der Waals surface area (Å²) in [5.74, 6) is -0.0391. The van der Waals surface area contributed by atoms with Crippen LogP contribution in [-0.4, -0.2) is 51.7 Å². The lowest BCUT2D eigenvalue weighted by Gasteiger charge is -2.23. The zero-order chi connectivity index (χ0) is 26.8. The van der Waals surface area contributed by atoms with Gasteiger partial charge in [-0.05, 0) is 37.6 Å². The first-order chi connectivity index (χ1) is 18.1. The number of carboxylic acid groups (broad SMARTS) is 1. The van der Waals surface area contributed by atoms with Gasteiger partial charge in [-0.1, -0.05) is 18.2 Å². The Labute approximate surface area is 216 Å². The third kappa shape index (κ3) is 4.10. The van der Waals surface area contributed by atoms with Crippen molar-refractivity contribution >= 4 is 34.2 Å².